The first-order chi connectivity index (χ1) is 11.1. The van der Waals surface area contributed by atoms with Crippen LogP contribution in [-0.2, 0) is 26.6 Å². The van der Waals surface area contributed by atoms with Crippen molar-refractivity contribution in [2.24, 2.45) is 5.14 Å². The van der Waals surface area contributed by atoms with Crippen LogP contribution in [0.1, 0.15) is 5.56 Å². The first kappa shape index (κ1) is 18.4. The van der Waals surface area contributed by atoms with Gasteiger partial charge < -0.3 is 4.74 Å². The fourth-order valence-electron chi connectivity index (χ4n) is 2.06. The fraction of sp³-hybridized carbons (Fsp3) is 0.200. The van der Waals surface area contributed by atoms with E-state index >= 15 is 0 Å². The number of ether oxygens (including phenoxy) is 1. The molecule has 24 heavy (non-hydrogen) atoms. The number of methoxy groups -OCH3 is 1. The van der Waals surface area contributed by atoms with Crippen molar-refractivity contribution in [3.05, 3.63) is 54.1 Å². The van der Waals surface area contributed by atoms with Crippen molar-refractivity contribution in [3.8, 4) is 5.75 Å². The molecule has 0 aromatic heterocycles. The molecule has 0 amide bonds. The van der Waals surface area contributed by atoms with Gasteiger partial charge in [0.25, 0.3) is 0 Å². The van der Waals surface area contributed by atoms with Crippen LogP contribution in [-0.4, -0.2) is 35.3 Å². The molecule has 0 radical (unpaired) electrons. The van der Waals surface area contributed by atoms with Crippen LogP contribution >= 0.6 is 0 Å². The molecule has 0 saturated carbocycles. The standard InChI is InChI=1S/C15H18N2O5S2/c1-17(11-12-6-8-13(22-2)9-7-12)24(20,21)15-5-3-4-14(10-15)23(16,18)19/h3-10H,11H2,1-2H3,(H2,16,18,19). The highest BCUT2D eigenvalue weighted by molar-refractivity contribution is 7.90. The summed E-state index contributed by atoms with van der Waals surface area (Å²) >= 11 is 0. The summed E-state index contributed by atoms with van der Waals surface area (Å²) < 4.78 is 54.2. The Balaban J connectivity index is 2.28. The molecule has 0 aliphatic carbocycles. The number of primary sulfonamides is 1. The molecule has 0 bridgehead atoms. The van der Waals surface area contributed by atoms with Crippen molar-refractivity contribution in [3.63, 3.8) is 0 Å². The molecule has 0 aliphatic rings. The number of hydrogen-bond donors (Lipinski definition) is 1. The molecule has 2 N–H and O–H groups in total. The van der Waals surface area contributed by atoms with Gasteiger partial charge in [-0.15, -0.1) is 0 Å². The van der Waals surface area contributed by atoms with Crippen molar-refractivity contribution in [1.82, 2.24) is 4.31 Å². The number of nitrogens with two attached hydrogens (primary N) is 1. The van der Waals surface area contributed by atoms with Crippen LogP contribution in [0.2, 0.25) is 0 Å². The Morgan fingerprint density at radius 1 is 1.00 bits per heavy atom. The van der Waals surface area contributed by atoms with Gasteiger partial charge in [0, 0.05) is 13.6 Å². The maximum atomic E-state index is 12.6. The third-order valence-electron chi connectivity index (χ3n) is 3.41. The van der Waals surface area contributed by atoms with E-state index in [0.717, 1.165) is 15.9 Å². The molecule has 0 aliphatic heterocycles. The molecule has 130 valence electrons. The van der Waals surface area contributed by atoms with Gasteiger partial charge in [-0.3, -0.25) is 0 Å². The van der Waals surface area contributed by atoms with Crippen molar-refractivity contribution < 1.29 is 21.6 Å². The van der Waals surface area contributed by atoms with E-state index in [0.29, 0.717) is 5.75 Å². The Morgan fingerprint density at radius 3 is 2.12 bits per heavy atom. The van der Waals surface area contributed by atoms with E-state index in [1.54, 1.807) is 31.4 Å². The van der Waals surface area contributed by atoms with E-state index in [2.05, 4.69) is 0 Å². The molecule has 2 aromatic rings. The molecule has 0 unspecified atom stereocenters. The SMILES string of the molecule is COc1ccc(CN(C)S(=O)(=O)c2cccc(S(N)(=O)=O)c2)cc1. The summed E-state index contributed by atoms with van der Waals surface area (Å²) in [6, 6.07) is 11.9. The topological polar surface area (TPSA) is 107 Å². The van der Waals surface area contributed by atoms with E-state index in [9.17, 15) is 16.8 Å². The van der Waals surface area contributed by atoms with Crippen molar-refractivity contribution >= 4 is 20.0 Å². The lowest BCUT2D eigenvalue weighted by Crippen LogP contribution is -2.26. The Bertz CT molecular complexity index is 923. The molecule has 0 spiro atoms. The first-order valence-corrected chi connectivity index (χ1v) is 9.85. The number of rotatable bonds is 6. The fourth-order valence-corrected chi connectivity index (χ4v) is 3.90. The van der Waals surface area contributed by atoms with E-state index in [1.807, 2.05) is 0 Å². The van der Waals surface area contributed by atoms with Gasteiger partial charge >= 0.3 is 0 Å². The van der Waals surface area contributed by atoms with Gasteiger partial charge in [-0.05, 0) is 35.9 Å². The van der Waals surface area contributed by atoms with Gasteiger partial charge in [0.15, 0.2) is 0 Å². The molecule has 0 saturated heterocycles. The Kier molecular flexibility index (Phi) is 5.29. The summed E-state index contributed by atoms with van der Waals surface area (Å²) in [4.78, 5) is -0.383. The highest BCUT2D eigenvalue weighted by Gasteiger charge is 2.22. The van der Waals surface area contributed by atoms with E-state index < -0.39 is 20.0 Å². The summed E-state index contributed by atoms with van der Waals surface area (Å²) in [6.07, 6.45) is 0. The normalized spacial score (nSPS) is 12.3. The maximum Gasteiger partial charge on any atom is 0.243 e. The van der Waals surface area contributed by atoms with Crippen molar-refractivity contribution in [2.75, 3.05) is 14.2 Å². The Labute approximate surface area is 141 Å². The van der Waals surface area contributed by atoms with Crippen LogP contribution in [0, 0.1) is 0 Å². The average Bonchev–Trinajstić information content (AvgIpc) is 2.55. The van der Waals surface area contributed by atoms with Gasteiger partial charge in [-0.25, -0.2) is 22.0 Å². The average molecular weight is 370 g/mol. The van der Waals surface area contributed by atoms with Crippen LogP contribution in [0.3, 0.4) is 0 Å². The molecule has 0 heterocycles. The smallest absolute Gasteiger partial charge is 0.243 e. The zero-order valence-electron chi connectivity index (χ0n) is 13.2. The van der Waals surface area contributed by atoms with Crippen LogP contribution < -0.4 is 9.88 Å². The molecule has 2 rings (SSSR count). The summed E-state index contributed by atoms with van der Waals surface area (Å²) in [5, 5.41) is 5.05. The van der Waals surface area contributed by atoms with Gasteiger partial charge in [-0.2, -0.15) is 4.31 Å². The molecular formula is C15H18N2O5S2. The third-order valence-corrected chi connectivity index (χ3v) is 6.12. The number of hydrogen-bond acceptors (Lipinski definition) is 5. The Hall–Kier alpha value is -1.94. The van der Waals surface area contributed by atoms with E-state index in [1.165, 1.54) is 25.2 Å². The number of sulfonamides is 2. The van der Waals surface area contributed by atoms with Crippen LogP contribution in [0.15, 0.2) is 58.3 Å². The van der Waals surface area contributed by atoms with E-state index in [4.69, 9.17) is 9.88 Å². The summed E-state index contributed by atoms with van der Waals surface area (Å²) in [5.74, 6) is 0.671. The third kappa shape index (κ3) is 4.12. The quantitative estimate of drug-likeness (QED) is 0.821. The van der Waals surface area contributed by atoms with E-state index in [-0.39, 0.29) is 16.3 Å². The minimum absolute atomic E-state index is 0.131. The van der Waals surface area contributed by atoms with Gasteiger partial charge in [0.2, 0.25) is 20.0 Å². The number of nitrogens with zero attached hydrogens (tertiary/aromatic N) is 1. The monoisotopic (exact) mass is 370 g/mol. The number of benzene rings is 2. The minimum Gasteiger partial charge on any atom is -0.497 e. The van der Waals surface area contributed by atoms with Gasteiger partial charge in [0.1, 0.15) is 5.75 Å². The van der Waals surface area contributed by atoms with Crippen LogP contribution in [0.4, 0.5) is 0 Å². The second-order valence-corrected chi connectivity index (χ2v) is 8.74. The molecule has 0 fully saturated rings. The predicted octanol–water partition coefficient (Wildman–Crippen LogP) is 1.16. The predicted molar refractivity (Wildman–Crippen MR) is 89.5 cm³/mol. The minimum atomic E-state index is -3.97. The van der Waals surface area contributed by atoms with Crippen molar-refractivity contribution in [1.29, 1.82) is 0 Å². The molecule has 0 atom stereocenters. The molecular weight excluding hydrogens is 352 g/mol. The zero-order valence-corrected chi connectivity index (χ0v) is 14.8. The molecule has 9 heteroatoms. The van der Waals surface area contributed by atoms with Gasteiger partial charge in [-0.1, -0.05) is 18.2 Å². The van der Waals surface area contributed by atoms with Crippen LogP contribution in [0.25, 0.3) is 0 Å². The highest BCUT2D eigenvalue weighted by Crippen LogP contribution is 2.20. The highest BCUT2D eigenvalue weighted by atomic mass is 32.2. The summed E-state index contributed by atoms with van der Waals surface area (Å²) in [5.41, 5.74) is 0.768. The lowest BCUT2D eigenvalue weighted by Gasteiger charge is -2.18. The second-order valence-electron chi connectivity index (χ2n) is 5.13. The van der Waals surface area contributed by atoms with Crippen molar-refractivity contribution in [2.45, 2.75) is 16.3 Å². The summed E-state index contributed by atoms with van der Waals surface area (Å²) in [6.45, 7) is 0.131. The van der Waals surface area contributed by atoms with Gasteiger partial charge in [0.05, 0.1) is 16.9 Å². The lowest BCUT2D eigenvalue weighted by atomic mass is 10.2. The molecule has 7 nitrogen and oxygen atoms in total. The second kappa shape index (κ2) is 6.89. The summed E-state index contributed by atoms with van der Waals surface area (Å²) in [7, 11) is -4.86. The Morgan fingerprint density at radius 2 is 1.58 bits per heavy atom. The molecule has 2 aromatic carbocycles. The first-order valence-electron chi connectivity index (χ1n) is 6.87. The van der Waals surface area contributed by atoms with Crippen LogP contribution in [0.5, 0.6) is 5.75 Å². The zero-order chi connectivity index (χ0) is 18.0. The maximum absolute atomic E-state index is 12.6. The largest absolute Gasteiger partial charge is 0.497 e. The lowest BCUT2D eigenvalue weighted by molar-refractivity contribution is 0.414.